The molecule has 6 heteroatoms. The molecule has 0 aromatic heterocycles. The van der Waals surface area contributed by atoms with E-state index in [2.05, 4.69) is 0 Å². The first-order valence-electron chi connectivity index (χ1n) is 8.80. The van der Waals surface area contributed by atoms with E-state index in [4.69, 9.17) is 4.74 Å². The van der Waals surface area contributed by atoms with E-state index in [1.54, 1.807) is 11.0 Å². The number of phenolic OH excluding ortho intramolecular Hbond substituents is 2. The fraction of sp³-hybridized carbons (Fsp3) is 0.238. The molecule has 1 fully saturated rings. The number of nitrogens with zero attached hydrogens (tertiary/aromatic N) is 1. The summed E-state index contributed by atoms with van der Waals surface area (Å²) in [5.74, 6) is -1.08. The van der Waals surface area contributed by atoms with Crippen molar-refractivity contribution in [2.24, 2.45) is 0 Å². The fourth-order valence-electron chi connectivity index (χ4n) is 4.37. The maximum atomic E-state index is 13.3. The number of aryl methyl sites for hydroxylation is 1. The lowest BCUT2D eigenvalue weighted by molar-refractivity contribution is 0.0132. The van der Waals surface area contributed by atoms with Crippen molar-refractivity contribution in [2.75, 3.05) is 6.54 Å². The van der Waals surface area contributed by atoms with Crippen molar-refractivity contribution in [3.63, 3.8) is 0 Å². The molecule has 2 aliphatic heterocycles. The highest BCUT2D eigenvalue weighted by atomic mass is 16.5. The molecule has 0 spiro atoms. The molecule has 1 aliphatic carbocycles. The van der Waals surface area contributed by atoms with Crippen LogP contribution < -0.4 is 0 Å². The lowest BCUT2D eigenvalue weighted by Crippen LogP contribution is -2.37. The largest absolute Gasteiger partial charge is 0.507 e. The number of carbonyl (C=O) groups excluding carboxylic acids is 2. The number of fused-ring (bicyclic) bond motifs is 6. The zero-order valence-electron chi connectivity index (χ0n) is 14.8. The number of hydrogen-bond donors (Lipinski definition) is 2. The third-order valence-corrected chi connectivity index (χ3v) is 5.39. The van der Waals surface area contributed by atoms with Gasteiger partial charge in [-0.3, -0.25) is 9.59 Å². The number of rotatable bonds is 0. The average molecular weight is 363 g/mol. The molecule has 6 nitrogen and oxygen atoms in total. The summed E-state index contributed by atoms with van der Waals surface area (Å²) in [6, 6.07) is 7.91. The Bertz CT molecular complexity index is 1080. The molecular weight excluding hydrogens is 346 g/mol. The van der Waals surface area contributed by atoms with E-state index in [1.807, 2.05) is 19.9 Å². The third-order valence-electron chi connectivity index (χ3n) is 5.39. The first kappa shape index (κ1) is 16.1. The summed E-state index contributed by atoms with van der Waals surface area (Å²) < 4.78 is 6.01. The van der Waals surface area contributed by atoms with Gasteiger partial charge < -0.3 is 19.8 Å². The molecule has 2 atom stereocenters. The van der Waals surface area contributed by atoms with Crippen molar-refractivity contribution < 1.29 is 24.5 Å². The Hall–Kier alpha value is -3.12. The Labute approximate surface area is 155 Å². The minimum atomic E-state index is -0.552. The van der Waals surface area contributed by atoms with Crippen molar-refractivity contribution in [3.05, 3.63) is 63.8 Å². The van der Waals surface area contributed by atoms with E-state index in [-0.39, 0.29) is 45.8 Å². The molecule has 2 N–H and O–H groups in total. The number of ether oxygens (including phenoxy) is 1. The van der Waals surface area contributed by atoms with Crippen LogP contribution in [0.25, 0.3) is 5.57 Å². The second-order valence-electron chi connectivity index (χ2n) is 7.28. The number of carbonyl (C=O) groups is 2. The summed E-state index contributed by atoms with van der Waals surface area (Å²) in [7, 11) is 0. The van der Waals surface area contributed by atoms with E-state index in [1.165, 1.54) is 18.2 Å². The lowest BCUT2D eigenvalue weighted by atomic mass is 9.78. The molecule has 136 valence electrons. The van der Waals surface area contributed by atoms with Gasteiger partial charge in [0.1, 0.15) is 17.2 Å². The Morgan fingerprint density at radius 3 is 2.63 bits per heavy atom. The van der Waals surface area contributed by atoms with Crippen LogP contribution >= 0.6 is 0 Å². The number of aromatic hydroxyl groups is 2. The zero-order valence-corrected chi connectivity index (χ0v) is 14.8. The minimum Gasteiger partial charge on any atom is -0.507 e. The van der Waals surface area contributed by atoms with Gasteiger partial charge >= 0.3 is 0 Å². The summed E-state index contributed by atoms with van der Waals surface area (Å²) in [5.41, 5.74) is 2.39. The molecule has 5 rings (SSSR count). The summed E-state index contributed by atoms with van der Waals surface area (Å²) in [6.07, 6.45) is -0.699. The molecule has 2 heterocycles. The number of benzene rings is 2. The molecule has 3 aliphatic rings. The standard InChI is InChI=1S/C21H17NO5/c1-9-6-12-15(14(24)7-9)17-18(22-8-10(2)27-21(12)22)20(26)16-11(19(17)25)4-3-5-13(16)23/h3-7,10,21,23-24H,8H2,1-2H3/t10-,21+/m1/s1. The summed E-state index contributed by atoms with van der Waals surface area (Å²) in [4.78, 5) is 28.4. The van der Waals surface area contributed by atoms with Crippen LogP contribution in [0, 0.1) is 6.92 Å². The third kappa shape index (κ3) is 1.99. The molecule has 0 bridgehead atoms. The predicted molar refractivity (Wildman–Crippen MR) is 96.5 cm³/mol. The second kappa shape index (κ2) is 5.20. The van der Waals surface area contributed by atoms with Crippen molar-refractivity contribution >= 4 is 17.1 Å². The highest BCUT2D eigenvalue weighted by Crippen LogP contribution is 2.51. The number of allylic oxidation sites excluding steroid dienone is 2. The van der Waals surface area contributed by atoms with Crippen molar-refractivity contribution in [1.82, 2.24) is 4.90 Å². The minimum absolute atomic E-state index is 0.00889. The number of ketones is 2. The van der Waals surface area contributed by atoms with Gasteiger partial charge in [0.2, 0.25) is 5.78 Å². The molecule has 2 aromatic carbocycles. The second-order valence-corrected chi connectivity index (χ2v) is 7.28. The molecule has 2 aromatic rings. The van der Waals surface area contributed by atoms with Crippen molar-refractivity contribution in [2.45, 2.75) is 26.2 Å². The van der Waals surface area contributed by atoms with Gasteiger partial charge in [0.15, 0.2) is 12.0 Å². The molecular formula is C21H17NO5. The Morgan fingerprint density at radius 2 is 1.85 bits per heavy atom. The van der Waals surface area contributed by atoms with Crippen molar-refractivity contribution in [3.8, 4) is 11.5 Å². The normalized spacial score (nSPS) is 23.1. The van der Waals surface area contributed by atoms with E-state index in [9.17, 15) is 19.8 Å². The van der Waals surface area contributed by atoms with E-state index >= 15 is 0 Å². The Balaban J connectivity index is 1.87. The maximum Gasteiger partial charge on any atom is 0.214 e. The average Bonchev–Trinajstić information content (AvgIpc) is 3.00. The maximum absolute atomic E-state index is 13.3. The molecule has 0 unspecified atom stereocenters. The van der Waals surface area contributed by atoms with Crippen LogP contribution in [0.2, 0.25) is 0 Å². The van der Waals surface area contributed by atoms with Gasteiger partial charge in [-0.25, -0.2) is 0 Å². The first-order chi connectivity index (χ1) is 12.9. The summed E-state index contributed by atoms with van der Waals surface area (Å²) in [5, 5.41) is 20.9. The van der Waals surface area contributed by atoms with Gasteiger partial charge in [-0.05, 0) is 31.5 Å². The van der Waals surface area contributed by atoms with Crippen molar-refractivity contribution in [1.29, 1.82) is 0 Å². The first-order valence-corrected chi connectivity index (χ1v) is 8.80. The SMILES string of the molecule is Cc1cc(O)c2c(c1)[C@@H]1O[C@H](C)CN1C1=C2C(=O)c2cccc(O)c2C1=O. The number of hydrogen-bond acceptors (Lipinski definition) is 6. The predicted octanol–water partition coefficient (Wildman–Crippen LogP) is 2.93. The molecule has 27 heavy (non-hydrogen) atoms. The van der Waals surface area contributed by atoms with Gasteiger partial charge in [0.25, 0.3) is 0 Å². The van der Waals surface area contributed by atoms with Crippen LogP contribution in [-0.4, -0.2) is 39.3 Å². The highest BCUT2D eigenvalue weighted by molar-refractivity contribution is 6.41. The van der Waals surface area contributed by atoms with E-state index in [0.717, 1.165) is 5.56 Å². The van der Waals surface area contributed by atoms with Crippen LogP contribution in [0.1, 0.15) is 50.6 Å². The number of phenols is 2. The van der Waals surface area contributed by atoms with Gasteiger partial charge in [-0.15, -0.1) is 0 Å². The van der Waals surface area contributed by atoms with Gasteiger partial charge in [0.05, 0.1) is 17.2 Å². The smallest absolute Gasteiger partial charge is 0.214 e. The van der Waals surface area contributed by atoms with Crippen LogP contribution in [0.5, 0.6) is 11.5 Å². The number of Topliss-reactive ketones (excluding diaryl/α,β-unsaturated/α-hetero) is 2. The molecule has 1 saturated heterocycles. The van der Waals surface area contributed by atoms with Crippen LogP contribution in [-0.2, 0) is 4.74 Å². The summed E-state index contributed by atoms with van der Waals surface area (Å²) >= 11 is 0. The van der Waals surface area contributed by atoms with E-state index < -0.39 is 12.0 Å². The van der Waals surface area contributed by atoms with Gasteiger partial charge in [0, 0.05) is 23.2 Å². The van der Waals surface area contributed by atoms with Crippen LogP contribution in [0.3, 0.4) is 0 Å². The molecule has 0 saturated carbocycles. The lowest BCUT2D eigenvalue weighted by Gasteiger charge is -2.37. The van der Waals surface area contributed by atoms with E-state index in [0.29, 0.717) is 17.7 Å². The zero-order chi connectivity index (χ0) is 19.0. The molecule has 0 amide bonds. The van der Waals surface area contributed by atoms with Gasteiger partial charge in [-0.1, -0.05) is 18.2 Å². The van der Waals surface area contributed by atoms with Crippen LogP contribution in [0.4, 0.5) is 0 Å². The summed E-state index contributed by atoms with van der Waals surface area (Å²) in [6.45, 7) is 4.20. The monoisotopic (exact) mass is 363 g/mol. The van der Waals surface area contributed by atoms with Crippen LogP contribution in [0.15, 0.2) is 36.0 Å². The Morgan fingerprint density at radius 1 is 1.07 bits per heavy atom. The Kier molecular flexibility index (Phi) is 3.10. The van der Waals surface area contributed by atoms with Gasteiger partial charge in [-0.2, -0.15) is 0 Å². The quantitative estimate of drug-likeness (QED) is 0.748. The fourth-order valence-corrected chi connectivity index (χ4v) is 4.37. The topological polar surface area (TPSA) is 87.1 Å². The highest BCUT2D eigenvalue weighted by Gasteiger charge is 2.48. The molecule has 0 radical (unpaired) electrons.